The Balaban J connectivity index is 1.73. The summed E-state index contributed by atoms with van der Waals surface area (Å²) in [7, 11) is 0. The number of aryl methyl sites for hydroxylation is 1. The normalized spacial score (nSPS) is 20.5. The summed E-state index contributed by atoms with van der Waals surface area (Å²) in [6.45, 7) is 1.53. The number of alkyl halides is 2. The molecule has 0 spiro atoms. The van der Waals surface area contributed by atoms with Gasteiger partial charge < -0.3 is 10.6 Å². The van der Waals surface area contributed by atoms with Crippen LogP contribution >= 0.6 is 0 Å². The van der Waals surface area contributed by atoms with Gasteiger partial charge in [-0.05, 0) is 19.4 Å². The van der Waals surface area contributed by atoms with Crippen molar-refractivity contribution >= 4 is 5.91 Å². The highest BCUT2D eigenvalue weighted by Gasteiger charge is 2.34. The van der Waals surface area contributed by atoms with E-state index in [1.807, 2.05) is 30.3 Å². The minimum atomic E-state index is -2.70. The summed E-state index contributed by atoms with van der Waals surface area (Å²) >= 11 is 0. The number of nitrogens with zero attached hydrogens (tertiary/aromatic N) is 3. The van der Waals surface area contributed by atoms with Gasteiger partial charge >= 0.3 is 6.55 Å². The number of benzene rings is 1. The number of aromatic nitrogens is 2. The van der Waals surface area contributed by atoms with Gasteiger partial charge in [0.15, 0.2) is 0 Å². The molecular weight excluding hydrogens is 326 g/mol. The molecule has 3 rings (SSSR count). The van der Waals surface area contributed by atoms with Crippen LogP contribution < -0.4 is 5.73 Å². The average Bonchev–Trinajstić information content (AvgIpc) is 3.10. The molecule has 2 aromatic rings. The number of hydrogen-bond acceptors (Lipinski definition) is 3. The van der Waals surface area contributed by atoms with Crippen LogP contribution in [0, 0.1) is 13.8 Å². The maximum Gasteiger partial charge on any atom is 0.333 e. The first-order chi connectivity index (χ1) is 11.9. The van der Waals surface area contributed by atoms with Crippen molar-refractivity contribution in [3.8, 4) is 0 Å². The molecule has 0 radical (unpaired) electrons. The van der Waals surface area contributed by atoms with Crippen LogP contribution in [-0.4, -0.2) is 39.7 Å². The SMILES string of the molecule is Cc1nn(C(F)F)c(C)c1CC(=O)N1C[C@@H](N)[C@H](c2ccccc2)C1. The van der Waals surface area contributed by atoms with E-state index in [9.17, 15) is 13.6 Å². The van der Waals surface area contributed by atoms with Crippen LogP contribution in [0.3, 0.4) is 0 Å². The first kappa shape index (κ1) is 17.5. The molecule has 1 fully saturated rings. The Morgan fingerprint density at radius 3 is 2.56 bits per heavy atom. The Morgan fingerprint density at radius 1 is 1.28 bits per heavy atom. The summed E-state index contributed by atoms with van der Waals surface area (Å²) in [5, 5.41) is 3.84. The lowest BCUT2D eigenvalue weighted by Crippen LogP contribution is -2.33. The summed E-state index contributed by atoms with van der Waals surface area (Å²) in [4.78, 5) is 14.4. The zero-order chi connectivity index (χ0) is 18.1. The maximum atomic E-state index is 12.9. The second kappa shape index (κ2) is 6.92. The Bertz CT molecular complexity index is 760. The van der Waals surface area contributed by atoms with Crippen molar-refractivity contribution in [2.24, 2.45) is 5.73 Å². The minimum absolute atomic E-state index is 0.0681. The molecule has 2 heterocycles. The van der Waals surface area contributed by atoms with E-state index in [4.69, 9.17) is 5.73 Å². The largest absolute Gasteiger partial charge is 0.340 e. The first-order valence-electron chi connectivity index (χ1n) is 8.29. The molecule has 0 aliphatic carbocycles. The van der Waals surface area contributed by atoms with Crippen LogP contribution in [0.25, 0.3) is 0 Å². The van der Waals surface area contributed by atoms with Crippen molar-refractivity contribution in [1.82, 2.24) is 14.7 Å². The number of carbonyl (C=O) groups excluding carboxylic acids is 1. The van der Waals surface area contributed by atoms with Gasteiger partial charge in [0.2, 0.25) is 5.91 Å². The molecule has 1 amide bonds. The lowest BCUT2D eigenvalue weighted by Gasteiger charge is -2.17. The Labute approximate surface area is 145 Å². The summed E-state index contributed by atoms with van der Waals surface area (Å²) in [5.74, 6) is -0.00923. The second-order valence-corrected chi connectivity index (χ2v) is 6.53. The molecule has 1 aromatic heterocycles. The predicted molar refractivity (Wildman–Crippen MR) is 90.4 cm³/mol. The van der Waals surface area contributed by atoms with Crippen molar-refractivity contribution < 1.29 is 13.6 Å². The molecule has 134 valence electrons. The van der Waals surface area contributed by atoms with Crippen molar-refractivity contribution in [2.45, 2.75) is 38.8 Å². The van der Waals surface area contributed by atoms with E-state index >= 15 is 0 Å². The molecule has 25 heavy (non-hydrogen) atoms. The van der Waals surface area contributed by atoms with E-state index in [0.717, 1.165) is 5.56 Å². The van der Waals surface area contributed by atoms with Crippen LogP contribution in [0.5, 0.6) is 0 Å². The van der Waals surface area contributed by atoms with Gasteiger partial charge in [-0.25, -0.2) is 4.68 Å². The molecule has 7 heteroatoms. The fourth-order valence-corrected chi connectivity index (χ4v) is 3.49. The number of likely N-dealkylation sites (tertiary alicyclic amines) is 1. The zero-order valence-electron chi connectivity index (χ0n) is 14.3. The fourth-order valence-electron chi connectivity index (χ4n) is 3.49. The monoisotopic (exact) mass is 348 g/mol. The number of amides is 1. The van der Waals surface area contributed by atoms with Crippen LogP contribution in [0.1, 0.15) is 35.0 Å². The molecule has 0 unspecified atom stereocenters. The van der Waals surface area contributed by atoms with Crippen LogP contribution in [0.4, 0.5) is 8.78 Å². The van der Waals surface area contributed by atoms with E-state index in [0.29, 0.717) is 34.7 Å². The van der Waals surface area contributed by atoms with E-state index in [1.165, 1.54) is 0 Å². The van der Waals surface area contributed by atoms with E-state index in [2.05, 4.69) is 5.10 Å². The molecule has 1 saturated heterocycles. The molecule has 1 aromatic carbocycles. The van der Waals surface area contributed by atoms with Gasteiger partial charge in [0, 0.05) is 36.3 Å². The van der Waals surface area contributed by atoms with Crippen LogP contribution in [-0.2, 0) is 11.2 Å². The molecule has 5 nitrogen and oxygen atoms in total. The summed E-state index contributed by atoms with van der Waals surface area (Å²) in [6.07, 6.45) is 0.0681. The van der Waals surface area contributed by atoms with E-state index < -0.39 is 6.55 Å². The number of nitrogens with two attached hydrogens (primary N) is 1. The Hall–Kier alpha value is -2.28. The highest BCUT2D eigenvalue weighted by molar-refractivity contribution is 5.80. The Kier molecular flexibility index (Phi) is 4.85. The molecule has 0 saturated carbocycles. The van der Waals surface area contributed by atoms with E-state index in [1.54, 1.807) is 18.7 Å². The van der Waals surface area contributed by atoms with Crippen molar-refractivity contribution in [1.29, 1.82) is 0 Å². The van der Waals surface area contributed by atoms with Crippen LogP contribution in [0.2, 0.25) is 0 Å². The number of halogens is 2. The Morgan fingerprint density at radius 2 is 1.96 bits per heavy atom. The van der Waals surface area contributed by atoms with Crippen molar-refractivity contribution in [2.75, 3.05) is 13.1 Å². The number of rotatable bonds is 4. The van der Waals surface area contributed by atoms with Gasteiger partial charge in [0.25, 0.3) is 0 Å². The van der Waals surface area contributed by atoms with Gasteiger partial charge in [-0.3, -0.25) is 4.79 Å². The van der Waals surface area contributed by atoms with Gasteiger partial charge in [0.1, 0.15) is 0 Å². The van der Waals surface area contributed by atoms with Crippen molar-refractivity contribution in [3.05, 3.63) is 52.8 Å². The quantitative estimate of drug-likeness (QED) is 0.923. The number of carbonyl (C=O) groups is 1. The minimum Gasteiger partial charge on any atom is -0.340 e. The maximum absolute atomic E-state index is 12.9. The third-order valence-electron chi connectivity index (χ3n) is 4.93. The highest BCUT2D eigenvalue weighted by atomic mass is 19.3. The van der Waals surface area contributed by atoms with E-state index in [-0.39, 0.29) is 24.3 Å². The number of hydrogen-bond donors (Lipinski definition) is 1. The van der Waals surface area contributed by atoms with Gasteiger partial charge in [-0.1, -0.05) is 30.3 Å². The topological polar surface area (TPSA) is 64.2 Å². The molecule has 1 aliphatic heterocycles. The van der Waals surface area contributed by atoms with Crippen LogP contribution in [0.15, 0.2) is 30.3 Å². The zero-order valence-corrected chi connectivity index (χ0v) is 14.3. The first-order valence-corrected chi connectivity index (χ1v) is 8.29. The molecule has 0 bridgehead atoms. The van der Waals surface area contributed by atoms with Crippen molar-refractivity contribution in [3.63, 3.8) is 0 Å². The molecular formula is C18H22F2N4O. The van der Waals surface area contributed by atoms with Gasteiger partial charge in [-0.15, -0.1) is 0 Å². The third-order valence-corrected chi connectivity index (χ3v) is 4.93. The lowest BCUT2D eigenvalue weighted by atomic mass is 9.95. The summed E-state index contributed by atoms with van der Waals surface area (Å²) in [5.41, 5.74) is 8.72. The molecule has 1 aliphatic rings. The fraction of sp³-hybridized carbons (Fsp3) is 0.444. The molecule has 2 N–H and O–H groups in total. The highest BCUT2D eigenvalue weighted by Crippen LogP contribution is 2.27. The third kappa shape index (κ3) is 3.42. The van der Waals surface area contributed by atoms with Gasteiger partial charge in [-0.2, -0.15) is 13.9 Å². The average molecular weight is 348 g/mol. The standard InChI is InChI=1S/C18H22F2N4O/c1-11-14(12(2)24(22-11)18(19)20)8-17(25)23-9-15(16(21)10-23)13-6-4-3-5-7-13/h3-7,15-16,18H,8-10,21H2,1-2H3/t15-,16+/m0/s1. The predicted octanol–water partition coefficient (Wildman–Crippen LogP) is 2.39. The molecule has 2 atom stereocenters. The summed E-state index contributed by atoms with van der Waals surface area (Å²) < 4.78 is 26.5. The lowest BCUT2D eigenvalue weighted by molar-refractivity contribution is -0.129. The van der Waals surface area contributed by atoms with Gasteiger partial charge in [0.05, 0.1) is 12.1 Å². The second-order valence-electron chi connectivity index (χ2n) is 6.53. The smallest absolute Gasteiger partial charge is 0.333 e. The summed E-state index contributed by atoms with van der Waals surface area (Å²) in [6, 6.07) is 9.76.